The lowest BCUT2D eigenvalue weighted by Gasteiger charge is -2.33. The Hall–Kier alpha value is -3.53. The van der Waals surface area contributed by atoms with Crippen LogP contribution in [0.25, 0.3) is 11.3 Å². The molecule has 10 heteroatoms. The largest absolute Gasteiger partial charge is 0.477 e. The number of carboxylic acid groups (broad SMARTS) is 1. The Morgan fingerprint density at radius 2 is 2.03 bits per heavy atom. The molecule has 0 atom stereocenters. The second-order valence-corrected chi connectivity index (χ2v) is 9.76. The Kier molecular flexibility index (Phi) is 7.83. The SMILES string of the molecule is Cc1cc(-c2cn(CCNCC(C)C)c(C3CCN(c4ncnc(N)c4C(=O)O)CC3)n2)ccc1F. The van der Waals surface area contributed by atoms with Gasteiger partial charge in [0.2, 0.25) is 0 Å². The Morgan fingerprint density at radius 3 is 2.69 bits per heavy atom. The van der Waals surface area contributed by atoms with E-state index < -0.39 is 5.97 Å². The predicted molar refractivity (Wildman–Crippen MR) is 138 cm³/mol. The summed E-state index contributed by atoms with van der Waals surface area (Å²) in [5.41, 5.74) is 8.08. The third kappa shape index (κ3) is 5.64. The van der Waals surface area contributed by atoms with Gasteiger partial charge in [-0.1, -0.05) is 13.8 Å². The van der Waals surface area contributed by atoms with E-state index in [2.05, 4.69) is 39.9 Å². The molecule has 192 valence electrons. The highest BCUT2D eigenvalue weighted by Gasteiger charge is 2.29. The van der Waals surface area contributed by atoms with E-state index >= 15 is 0 Å². The number of halogens is 1. The summed E-state index contributed by atoms with van der Waals surface area (Å²) in [6, 6.07) is 5.09. The molecular formula is C26H34FN7O2. The lowest BCUT2D eigenvalue weighted by atomic mass is 9.95. The van der Waals surface area contributed by atoms with E-state index in [1.807, 2.05) is 11.0 Å². The molecule has 9 nitrogen and oxygen atoms in total. The average molecular weight is 496 g/mol. The lowest BCUT2D eigenvalue weighted by Crippen LogP contribution is -2.36. The maximum atomic E-state index is 13.8. The number of hydrogen-bond donors (Lipinski definition) is 3. The number of benzene rings is 1. The summed E-state index contributed by atoms with van der Waals surface area (Å²) >= 11 is 0. The van der Waals surface area contributed by atoms with Crippen LogP contribution in [0.3, 0.4) is 0 Å². The van der Waals surface area contributed by atoms with Crippen LogP contribution in [0, 0.1) is 18.7 Å². The lowest BCUT2D eigenvalue weighted by molar-refractivity contribution is 0.0698. The molecule has 1 aliphatic heterocycles. The Labute approximate surface area is 210 Å². The van der Waals surface area contributed by atoms with Crippen LogP contribution in [0.1, 0.15) is 54.4 Å². The zero-order valence-corrected chi connectivity index (χ0v) is 21.0. The van der Waals surface area contributed by atoms with E-state index in [1.54, 1.807) is 13.0 Å². The number of nitrogens with zero attached hydrogens (tertiary/aromatic N) is 5. The number of nitrogens with one attached hydrogen (secondary N) is 1. The van der Waals surface area contributed by atoms with Crippen LogP contribution < -0.4 is 16.0 Å². The minimum atomic E-state index is -1.13. The highest BCUT2D eigenvalue weighted by Crippen LogP contribution is 2.33. The van der Waals surface area contributed by atoms with Gasteiger partial charge in [-0.2, -0.15) is 0 Å². The van der Waals surface area contributed by atoms with Crippen molar-refractivity contribution < 1.29 is 14.3 Å². The van der Waals surface area contributed by atoms with Gasteiger partial charge in [-0.15, -0.1) is 0 Å². The summed E-state index contributed by atoms with van der Waals surface area (Å²) in [4.78, 5) is 26.7. The molecule has 36 heavy (non-hydrogen) atoms. The molecule has 4 N–H and O–H groups in total. The average Bonchev–Trinajstić information content (AvgIpc) is 3.27. The molecule has 1 fully saturated rings. The van der Waals surface area contributed by atoms with Gasteiger partial charge >= 0.3 is 5.97 Å². The van der Waals surface area contributed by atoms with Crippen molar-refractivity contribution in [2.75, 3.05) is 36.8 Å². The molecular weight excluding hydrogens is 461 g/mol. The number of carbonyl (C=O) groups is 1. The van der Waals surface area contributed by atoms with Gasteiger partial charge in [0.15, 0.2) is 0 Å². The second-order valence-electron chi connectivity index (χ2n) is 9.76. The first-order valence-electron chi connectivity index (χ1n) is 12.4. The first-order chi connectivity index (χ1) is 17.2. The number of rotatable bonds is 9. The van der Waals surface area contributed by atoms with Gasteiger partial charge in [0.05, 0.1) is 5.69 Å². The molecule has 0 amide bonds. The summed E-state index contributed by atoms with van der Waals surface area (Å²) in [5.74, 6) is 0.743. The summed E-state index contributed by atoms with van der Waals surface area (Å²) in [7, 11) is 0. The molecule has 0 aliphatic carbocycles. The molecule has 4 rings (SSSR count). The zero-order chi connectivity index (χ0) is 25.8. The number of nitrogens with two attached hydrogens (primary N) is 1. The molecule has 1 saturated heterocycles. The molecule has 0 bridgehead atoms. The number of carboxylic acids is 1. The number of aryl methyl sites for hydroxylation is 1. The highest BCUT2D eigenvalue weighted by atomic mass is 19.1. The van der Waals surface area contributed by atoms with Crippen LogP contribution in [0.2, 0.25) is 0 Å². The van der Waals surface area contributed by atoms with E-state index in [1.165, 1.54) is 12.4 Å². The summed E-state index contributed by atoms with van der Waals surface area (Å²) < 4.78 is 16.0. The first-order valence-corrected chi connectivity index (χ1v) is 12.4. The number of anilines is 2. The summed E-state index contributed by atoms with van der Waals surface area (Å²) in [6.07, 6.45) is 4.94. The molecule has 0 spiro atoms. The molecule has 0 radical (unpaired) electrons. The highest BCUT2D eigenvalue weighted by molar-refractivity contribution is 5.98. The summed E-state index contributed by atoms with van der Waals surface area (Å²) in [6.45, 7) is 9.92. The van der Waals surface area contributed by atoms with Crippen molar-refractivity contribution in [3.8, 4) is 11.3 Å². The van der Waals surface area contributed by atoms with E-state index in [-0.39, 0.29) is 23.1 Å². The van der Waals surface area contributed by atoms with Crippen LogP contribution in [0.15, 0.2) is 30.7 Å². The van der Waals surface area contributed by atoms with Crippen LogP contribution in [-0.4, -0.2) is 56.8 Å². The molecule has 2 aromatic heterocycles. The number of aromatic nitrogens is 4. The fourth-order valence-electron chi connectivity index (χ4n) is 4.65. The minimum Gasteiger partial charge on any atom is -0.477 e. The fourth-order valence-corrected chi connectivity index (χ4v) is 4.65. The normalized spacial score (nSPS) is 14.5. The quantitative estimate of drug-likeness (QED) is 0.384. The van der Waals surface area contributed by atoms with Crippen molar-refractivity contribution in [2.45, 2.75) is 46.1 Å². The number of aromatic carboxylic acids is 1. The van der Waals surface area contributed by atoms with Gasteiger partial charge in [0.1, 0.15) is 35.2 Å². The van der Waals surface area contributed by atoms with Gasteiger partial charge in [-0.25, -0.2) is 24.1 Å². The van der Waals surface area contributed by atoms with Crippen molar-refractivity contribution in [1.29, 1.82) is 0 Å². The fraction of sp³-hybridized carbons (Fsp3) is 0.462. The minimum absolute atomic E-state index is 0.0294. The maximum Gasteiger partial charge on any atom is 0.343 e. The van der Waals surface area contributed by atoms with E-state index in [9.17, 15) is 14.3 Å². The van der Waals surface area contributed by atoms with Gasteiger partial charge in [-0.3, -0.25) is 0 Å². The Morgan fingerprint density at radius 1 is 1.28 bits per heavy atom. The molecule has 3 aromatic rings. The van der Waals surface area contributed by atoms with Gasteiger partial charge in [0, 0.05) is 43.9 Å². The number of hydrogen-bond acceptors (Lipinski definition) is 7. The van der Waals surface area contributed by atoms with Crippen molar-refractivity contribution in [1.82, 2.24) is 24.8 Å². The smallest absolute Gasteiger partial charge is 0.343 e. The van der Waals surface area contributed by atoms with Crippen molar-refractivity contribution >= 4 is 17.6 Å². The standard InChI is InChI=1S/C26H34FN7O2/c1-16(2)13-29-8-11-34-14-21(19-4-5-20(27)17(3)12-19)32-24(34)18-6-9-33(10-7-18)25-22(26(35)36)23(28)30-15-31-25/h4-5,12,14-16,18,29H,6-11,13H2,1-3H3,(H,35,36)(H2,28,30,31). The van der Waals surface area contributed by atoms with E-state index in [0.717, 1.165) is 49.6 Å². The molecule has 1 aromatic carbocycles. The van der Waals surface area contributed by atoms with Crippen LogP contribution >= 0.6 is 0 Å². The van der Waals surface area contributed by atoms with Gasteiger partial charge in [0.25, 0.3) is 0 Å². The number of piperidine rings is 1. The van der Waals surface area contributed by atoms with Gasteiger partial charge in [-0.05, 0) is 56.0 Å². The number of imidazole rings is 1. The van der Waals surface area contributed by atoms with Gasteiger partial charge < -0.3 is 25.6 Å². The van der Waals surface area contributed by atoms with E-state index in [0.29, 0.717) is 30.4 Å². The third-order valence-electron chi connectivity index (χ3n) is 6.57. The van der Waals surface area contributed by atoms with Crippen LogP contribution in [0.5, 0.6) is 0 Å². The second kappa shape index (κ2) is 11.0. The third-order valence-corrected chi connectivity index (χ3v) is 6.57. The zero-order valence-electron chi connectivity index (χ0n) is 21.0. The maximum absolute atomic E-state index is 13.8. The number of nitrogen functional groups attached to an aromatic ring is 1. The van der Waals surface area contributed by atoms with Crippen molar-refractivity contribution in [3.05, 3.63) is 53.5 Å². The van der Waals surface area contributed by atoms with E-state index in [4.69, 9.17) is 10.7 Å². The molecule has 0 saturated carbocycles. The molecule has 0 unspecified atom stereocenters. The monoisotopic (exact) mass is 495 g/mol. The van der Waals surface area contributed by atoms with Crippen LogP contribution in [0.4, 0.5) is 16.0 Å². The Balaban J connectivity index is 1.55. The molecule has 1 aliphatic rings. The first kappa shape index (κ1) is 25.6. The predicted octanol–water partition coefficient (Wildman–Crippen LogP) is 3.70. The summed E-state index contributed by atoms with van der Waals surface area (Å²) in [5, 5.41) is 13.1. The Bertz CT molecular complexity index is 1220. The van der Waals surface area contributed by atoms with Crippen molar-refractivity contribution in [2.24, 2.45) is 5.92 Å². The van der Waals surface area contributed by atoms with Crippen molar-refractivity contribution in [3.63, 3.8) is 0 Å². The van der Waals surface area contributed by atoms with Crippen LogP contribution in [-0.2, 0) is 6.54 Å². The molecule has 3 heterocycles. The topological polar surface area (TPSA) is 122 Å².